The van der Waals surface area contributed by atoms with Gasteiger partial charge in [0.2, 0.25) is 5.91 Å². The van der Waals surface area contributed by atoms with Gasteiger partial charge in [0.15, 0.2) is 0 Å². The lowest BCUT2D eigenvalue weighted by molar-refractivity contribution is -0.137. The van der Waals surface area contributed by atoms with Crippen molar-refractivity contribution in [3.05, 3.63) is 70.6 Å². The minimum atomic E-state index is -0.923. The number of para-hydroxylation sites is 2. The Kier molecular flexibility index (Phi) is 5.17. The highest BCUT2D eigenvalue weighted by atomic mass is 16.4. The summed E-state index contributed by atoms with van der Waals surface area (Å²) in [4.78, 5) is 38.2. The maximum absolute atomic E-state index is 12.5. The summed E-state index contributed by atoms with van der Waals surface area (Å²) < 4.78 is 1.36. The van der Waals surface area contributed by atoms with Gasteiger partial charge >= 0.3 is 11.7 Å². The van der Waals surface area contributed by atoms with Gasteiger partial charge in [0.1, 0.15) is 6.54 Å². The van der Waals surface area contributed by atoms with E-state index in [1.807, 2.05) is 30.3 Å². The van der Waals surface area contributed by atoms with Gasteiger partial charge in [0.05, 0.1) is 17.1 Å². The first-order valence-electron chi connectivity index (χ1n) is 8.28. The Morgan fingerprint density at radius 1 is 1.08 bits per heavy atom. The van der Waals surface area contributed by atoms with E-state index in [2.05, 4.69) is 10.3 Å². The number of fused-ring (bicyclic) bond motifs is 1. The van der Waals surface area contributed by atoms with Gasteiger partial charge in [-0.25, -0.2) is 4.79 Å². The van der Waals surface area contributed by atoms with E-state index < -0.39 is 12.0 Å². The summed E-state index contributed by atoms with van der Waals surface area (Å²) in [5.41, 5.74) is 1.78. The molecule has 0 aliphatic rings. The van der Waals surface area contributed by atoms with Gasteiger partial charge in [0, 0.05) is 6.42 Å². The molecule has 1 amide bonds. The third kappa shape index (κ3) is 4.00. The molecule has 134 valence electrons. The molecule has 2 aromatic carbocycles. The van der Waals surface area contributed by atoms with E-state index in [9.17, 15) is 14.4 Å². The molecule has 0 aliphatic heterocycles. The number of carboxylic acids is 1. The summed E-state index contributed by atoms with van der Waals surface area (Å²) in [7, 11) is 0. The van der Waals surface area contributed by atoms with Crippen LogP contribution in [0, 0.1) is 0 Å². The molecule has 0 spiro atoms. The summed E-state index contributed by atoms with van der Waals surface area (Å²) in [6.07, 6.45) is 0.209. The van der Waals surface area contributed by atoms with Crippen LogP contribution in [0.3, 0.4) is 0 Å². The van der Waals surface area contributed by atoms with E-state index in [1.165, 1.54) is 4.57 Å². The van der Waals surface area contributed by atoms with Crippen molar-refractivity contribution in [2.45, 2.75) is 25.4 Å². The molecule has 26 heavy (non-hydrogen) atoms. The first kappa shape index (κ1) is 17.5. The predicted molar refractivity (Wildman–Crippen MR) is 96.8 cm³/mol. The summed E-state index contributed by atoms with van der Waals surface area (Å²) >= 11 is 0. The van der Waals surface area contributed by atoms with Crippen molar-refractivity contribution in [1.29, 1.82) is 0 Å². The van der Waals surface area contributed by atoms with Crippen LogP contribution in [0.25, 0.3) is 11.0 Å². The summed E-state index contributed by atoms with van der Waals surface area (Å²) in [6.45, 7) is -0.140. The largest absolute Gasteiger partial charge is 0.481 e. The molecule has 0 bridgehead atoms. The standard InChI is InChI=1S/C19H19N3O4/c23-17(12-22-16-9-5-4-8-15(16)21-19(22)26)20-14(10-11-18(24)25)13-6-2-1-3-7-13/h1-9,14H,10-12H2,(H,20,23)(H,21,26)(H,24,25). The van der Waals surface area contributed by atoms with Gasteiger partial charge in [-0.15, -0.1) is 0 Å². The molecule has 1 heterocycles. The van der Waals surface area contributed by atoms with Crippen molar-refractivity contribution in [2.24, 2.45) is 0 Å². The highest BCUT2D eigenvalue weighted by Crippen LogP contribution is 2.18. The van der Waals surface area contributed by atoms with Gasteiger partial charge in [0.25, 0.3) is 0 Å². The Morgan fingerprint density at radius 3 is 2.50 bits per heavy atom. The number of hydrogen-bond acceptors (Lipinski definition) is 3. The zero-order valence-corrected chi connectivity index (χ0v) is 14.0. The molecule has 1 aromatic heterocycles. The van der Waals surface area contributed by atoms with Crippen LogP contribution in [0.15, 0.2) is 59.4 Å². The van der Waals surface area contributed by atoms with Crippen molar-refractivity contribution in [3.63, 3.8) is 0 Å². The smallest absolute Gasteiger partial charge is 0.326 e. The number of H-pyrrole nitrogens is 1. The van der Waals surface area contributed by atoms with Crippen LogP contribution in [0.2, 0.25) is 0 Å². The van der Waals surface area contributed by atoms with E-state index in [1.54, 1.807) is 24.3 Å². The number of benzene rings is 2. The number of nitrogens with one attached hydrogen (secondary N) is 2. The number of nitrogens with zero attached hydrogens (tertiary/aromatic N) is 1. The van der Waals surface area contributed by atoms with Gasteiger partial charge < -0.3 is 15.4 Å². The predicted octanol–water partition coefficient (Wildman–Crippen LogP) is 2.05. The summed E-state index contributed by atoms with van der Waals surface area (Å²) in [5.74, 6) is -1.27. The van der Waals surface area contributed by atoms with Crippen molar-refractivity contribution < 1.29 is 14.7 Å². The lowest BCUT2D eigenvalue weighted by atomic mass is 10.0. The highest BCUT2D eigenvalue weighted by Gasteiger charge is 2.17. The van der Waals surface area contributed by atoms with Crippen LogP contribution in [0.1, 0.15) is 24.4 Å². The van der Waals surface area contributed by atoms with E-state index in [0.29, 0.717) is 11.0 Å². The molecule has 7 nitrogen and oxygen atoms in total. The fourth-order valence-corrected chi connectivity index (χ4v) is 2.92. The Balaban J connectivity index is 1.78. The molecule has 1 atom stereocenters. The molecule has 1 unspecified atom stereocenters. The number of aromatic amines is 1. The molecule has 0 saturated carbocycles. The zero-order chi connectivity index (χ0) is 18.5. The molecular weight excluding hydrogens is 334 g/mol. The van der Waals surface area contributed by atoms with Crippen LogP contribution >= 0.6 is 0 Å². The van der Waals surface area contributed by atoms with Gasteiger partial charge in [-0.05, 0) is 24.1 Å². The monoisotopic (exact) mass is 353 g/mol. The Bertz CT molecular complexity index is 975. The van der Waals surface area contributed by atoms with Crippen molar-refractivity contribution in [2.75, 3.05) is 0 Å². The highest BCUT2D eigenvalue weighted by molar-refractivity contribution is 5.80. The molecule has 3 aromatic rings. The number of carboxylic acid groups (broad SMARTS) is 1. The molecule has 0 radical (unpaired) electrons. The minimum absolute atomic E-state index is 0.0626. The average molecular weight is 353 g/mol. The first-order chi connectivity index (χ1) is 12.5. The van der Waals surface area contributed by atoms with Crippen molar-refractivity contribution in [1.82, 2.24) is 14.9 Å². The number of imidazole rings is 1. The number of aromatic nitrogens is 2. The topological polar surface area (TPSA) is 104 Å². The van der Waals surface area contributed by atoms with Crippen molar-refractivity contribution >= 4 is 22.9 Å². The third-order valence-corrected chi connectivity index (χ3v) is 4.17. The Morgan fingerprint density at radius 2 is 1.77 bits per heavy atom. The fraction of sp³-hybridized carbons (Fsp3) is 0.211. The lowest BCUT2D eigenvalue weighted by Gasteiger charge is -2.18. The second-order valence-corrected chi connectivity index (χ2v) is 6.00. The van der Waals surface area contributed by atoms with Crippen LogP contribution in [-0.2, 0) is 16.1 Å². The number of hydrogen-bond donors (Lipinski definition) is 3. The number of amides is 1. The molecular formula is C19H19N3O4. The average Bonchev–Trinajstić information content (AvgIpc) is 2.95. The molecule has 0 fully saturated rings. The summed E-state index contributed by atoms with van der Waals surface area (Å²) in [5, 5.41) is 11.8. The second kappa shape index (κ2) is 7.69. The van der Waals surface area contributed by atoms with Crippen LogP contribution in [-0.4, -0.2) is 26.5 Å². The molecule has 3 N–H and O–H groups in total. The number of carbonyl (C=O) groups excluding carboxylic acids is 1. The first-order valence-corrected chi connectivity index (χ1v) is 8.28. The maximum Gasteiger partial charge on any atom is 0.326 e. The number of aliphatic carboxylic acids is 1. The lowest BCUT2D eigenvalue weighted by Crippen LogP contribution is -2.34. The van der Waals surface area contributed by atoms with Crippen molar-refractivity contribution in [3.8, 4) is 0 Å². The Hall–Kier alpha value is -3.35. The second-order valence-electron chi connectivity index (χ2n) is 6.00. The fourth-order valence-electron chi connectivity index (χ4n) is 2.92. The molecule has 0 aliphatic carbocycles. The normalized spacial score (nSPS) is 12.0. The SMILES string of the molecule is O=C(O)CCC(NC(=O)Cn1c(=O)[nH]c2ccccc21)c1ccccc1. The van der Waals surface area contributed by atoms with E-state index in [-0.39, 0.29) is 31.0 Å². The molecule has 3 rings (SSSR count). The van der Waals surface area contributed by atoms with Gasteiger partial charge in [-0.1, -0.05) is 42.5 Å². The molecule has 7 heteroatoms. The third-order valence-electron chi connectivity index (χ3n) is 4.17. The van der Waals surface area contributed by atoms with E-state index in [4.69, 9.17) is 5.11 Å². The summed E-state index contributed by atoms with van der Waals surface area (Å²) in [6, 6.07) is 15.9. The quantitative estimate of drug-likeness (QED) is 0.605. The Labute approximate surface area is 149 Å². The van der Waals surface area contributed by atoms with Crippen LogP contribution in [0.5, 0.6) is 0 Å². The number of rotatable bonds is 7. The van der Waals surface area contributed by atoms with E-state index >= 15 is 0 Å². The van der Waals surface area contributed by atoms with Gasteiger partial charge in [-0.3, -0.25) is 14.2 Å². The van der Waals surface area contributed by atoms with E-state index in [0.717, 1.165) is 5.56 Å². The maximum atomic E-state index is 12.5. The number of carbonyl (C=O) groups is 2. The van der Waals surface area contributed by atoms with Gasteiger partial charge in [-0.2, -0.15) is 0 Å². The van der Waals surface area contributed by atoms with Crippen LogP contribution in [0.4, 0.5) is 0 Å². The molecule has 0 saturated heterocycles. The zero-order valence-electron chi connectivity index (χ0n) is 14.0. The minimum Gasteiger partial charge on any atom is -0.481 e. The van der Waals surface area contributed by atoms with Crippen LogP contribution < -0.4 is 11.0 Å².